The molecule has 1 aromatic heterocycles. The molecule has 6 heteroatoms. The van der Waals surface area contributed by atoms with Crippen molar-refractivity contribution in [1.82, 2.24) is 4.98 Å². The highest BCUT2D eigenvalue weighted by atomic mass is 35.5. The Balaban J connectivity index is 1.96. The molecule has 0 bridgehead atoms. The number of hydrogen-bond acceptors (Lipinski definition) is 5. The van der Waals surface area contributed by atoms with Crippen molar-refractivity contribution in [3.05, 3.63) is 17.3 Å². The first-order valence-electron chi connectivity index (χ1n) is 5.54. The van der Waals surface area contributed by atoms with Crippen molar-refractivity contribution in [3.8, 4) is 0 Å². The SMILES string of the molecule is Nc1cc(Cl)nc(NCC2(O)CCOCC2)c1. The summed E-state index contributed by atoms with van der Waals surface area (Å²) in [7, 11) is 0. The normalized spacial score (nSPS) is 18.9. The van der Waals surface area contributed by atoms with Gasteiger partial charge >= 0.3 is 0 Å². The maximum atomic E-state index is 10.2. The zero-order chi connectivity index (χ0) is 12.3. The van der Waals surface area contributed by atoms with Crippen LogP contribution in [0.25, 0.3) is 0 Å². The molecule has 94 valence electrons. The molecule has 1 fully saturated rings. The van der Waals surface area contributed by atoms with E-state index < -0.39 is 5.60 Å². The lowest BCUT2D eigenvalue weighted by Gasteiger charge is -2.32. The van der Waals surface area contributed by atoms with E-state index in [2.05, 4.69) is 10.3 Å². The second-order valence-corrected chi connectivity index (χ2v) is 4.69. The summed E-state index contributed by atoms with van der Waals surface area (Å²) in [5.74, 6) is 0.579. The van der Waals surface area contributed by atoms with Crippen LogP contribution in [0.3, 0.4) is 0 Å². The molecule has 0 aromatic carbocycles. The van der Waals surface area contributed by atoms with Gasteiger partial charge in [-0.3, -0.25) is 0 Å². The number of ether oxygens (including phenoxy) is 1. The van der Waals surface area contributed by atoms with Crippen molar-refractivity contribution < 1.29 is 9.84 Å². The summed E-state index contributed by atoms with van der Waals surface area (Å²) < 4.78 is 5.21. The number of nitrogens with one attached hydrogen (secondary N) is 1. The molecule has 0 aliphatic carbocycles. The van der Waals surface area contributed by atoms with Crippen LogP contribution in [0.1, 0.15) is 12.8 Å². The number of nitrogens with zero attached hydrogens (tertiary/aromatic N) is 1. The van der Waals surface area contributed by atoms with Gasteiger partial charge in [-0.15, -0.1) is 0 Å². The molecule has 1 aliphatic heterocycles. The van der Waals surface area contributed by atoms with Crippen molar-refractivity contribution in [1.29, 1.82) is 0 Å². The molecule has 1 aliphatic rings. The standard InChI is InChI=1S/C11H16ClN3O2/c12-9-5-8(13)6-10(15-9)14-7-11(16)1-3-17-4-2-11/h5-6,16H,1-4,7H2,(H3,13,14,15). The highest BCUT2D eigenvalue weighted by molar-refractivity contribution is 6.29. The summed E-state index contributed by atoms with van der Waals surface area (Å²) in [5.41, 5.74) is 5.46. The minimum atomic E-state index is -0.739. The van der Waals surface area contributed by atoms with Crippen molar-refractivity contribution in [2.75, 3.05) is 30.8 Å². The van der Waals surface area contributed by atoms with E-state index in [1.165, 1.54) is 0 Å². The number of halogens is 1. The summed E-state index contributed by atoms with van der Waals surface area (Å²) in [6.07, 6.45) is 1.24. The lowest BCUT2D eigenvalue weighted by molar-refractivity contribution is -0.0543. The molecule has 2 heterocycles. The first-order valence-corrected chi connectivity index (χ1v) is 5.92. The lowest BCUT2D eigenvalue weighted by Crippen LogP contribution is -2.42. The molecule has 5 nitrogen and oxygen atoms in total. The van der Waals surface area contributed by atoms with Gasteiger partial charge in [0.1, 0.15) is 11.0 Å². The zero-order valence-electron chi connectivity index (χ0n) is 9.45. The number of nitrogens with two attached hydrogens (primary N) is 1. The quantitative estimate of drug-likeness (QED) is 0.711. The van der Waals surface area contributed by atoms with Gasteiger partial charge in [-0.1, -0.05) is 11.6 Å². The minimum Gasteiger partial charge on any atom is -0.399 e. The van der Waals surface area contributed by atoms with E-state index in [9.17, 15) is 5.11 Å². The second-order valence-electron chi connectivity index (χ2n) is 4.30. The van der Waals surface area contributed by atoms with E-state index in [1.807, 2.05) is 0 Å². The molecule has 17 heavy (non-hydrogen) atoms. The van der Waals surface area contributed by atoms with Crippen LogP contribution in [-0.4, -0.2) is 35.5 Å². The Morgan fingerprint density at radius 2 is 2.18 bits per heavy atom. The van der Waals surface area contributed by atoms with Gasteiger partial charge in [0.05, 0.1) is 5.60 Å². The Morgan fingerprint density at radius 1 is 1.47 bits per heavy atom. The summed E-state index contributed by atoms with van der Waals surface area (Å²) >= 11 is 5.79. The average Bonchev–Trinajstić information content (AvgIpc) is 2.26. The van der Waals surface area contributed by atoms with Crippen molar-refractivity contribution >= 4 is 23.1 Å². The van der Waals surface area contributed by atoms with Crippen LogP contribution in [-0.2, 0) is 4.74 Å². The zero-order valence-corrected chi connectivity index (χ0v) is 10.2. The van der Waals surface area contributed by atoms with Gasteiger partial charge in [-0.2, -0.15) is 0 Å². The van der Waals surface area contributed by atoms with Crippen LogP contribution >= 0.6 is 11.6 Å². The fourth-order valence-electron chi connectivity index (χ4n) is 1.79. The Kier molecular flexibility index (Phi) is 3.71. The van der Waals surface area contributed by atoms with Gasteiger partial charge in [-0.25, -0.2) is 4.98 Å². The highest BCUT2D eigenvalue weighted by Crippen LogP contribution is 2.22. The molecule has 0 unspecified atom stereocenters. The first-order chi connectivity index (χ1) is 8.07. The van der Waals surface area contributed by atoms with Crippen LogP contribution in [0.15, 0.2) is 12.1 Å². The van der Waals surface area contributed by atoms with E-state index in [-0.39, 0.29) is 0 Å². The fraction of sp³-hybridized carbons (Fsp3) is 0.545. The van der Waals surface area contributed by atoms with Crippen LogP contribution in [0.2, 0.25) is 5.15 Å². The van der Waals surface area contributed by atoms with Crippen LogP contribution < -0.4 is 11.1 Å². The van der Waals surface area contributed by atoms with Crippen molar-refractivity contribution in [3.63, 3.8) is 0 Å². The molecule has 1 aromatic rings. The van der Waals surface area contributed by atoms with Crippen molar-refractivity contribution in [2.24, 2.45) is 0 Å². The predicted octanol–water partition coefficient (Wildman–Crippen LogP) is 1.27. The topological polar surface area (TPSA) is 80.4 Å². The van der Waals surface area contributed by atoms with Crippen molar-refractivity contribution in [2.45, 2.75) is 18.4 Å². The van der Waals surface area contributed by atoms with E-state index in [0.717, 1.165) is 0 Å². The van der Waals surface area contributed by atoms with Crippen LogP contribution in [0.4, 0.5) is 11.5 Å². The number of anilines is 2. The molecular weight excluding hydrogens is 242 g/mol. The molecule has 2 rings (SSSR count). The predicted molar refractivity (Wildman–Crippen MR) is 67.2 cm³/mol. The summed E-state index contributed by atoms with van der Waals surface area (Å²) in [4.78, 5) is 4.08. The lowest BCUT2D eigenvalue weighted by atomic mass is 9.94. The Bertz CT molecular complexity index is 374. The minimum absolute atomic E-state index is 0.339. The van der Waals surface area contributed by atoms with Crippen LogP contribution in [0.5, 0.6) is 0 Å². The van der Waals surface area contributed by atoms with Gasteiger partial charge in [0.15, 0.2) is 0 Å². The third-order valence-electron chi connectivity index (χ3n) is 2.84. The molecule has 0 amide bonds. The van der Waals surface area contributed by atoms with Gasteiger partial charge < -0.3 is 20.9 Å². The van der Waals surface area contributed by atoms with Gasteiger partial charge in [0, 0.05) is 44.4 Å². The number of rotatable bonds is 3. The molecule has 0 spiro atoms. The Morgan fingerprint density at radius 3 is 2.82 bits per heavy atom. The maximum absolute atomic E-state index is 10.2. The molecule has 0 radical (unpaired) electrons. The molecule has 0 atom stereocenters. The number of aliphatic hydroxyl groups is 1. The number of hydrogen-bond donors (Lipinski definition) is 3. The summed E-state index contributed by atoms with van der Waals surface area (Å²) in [5, 5.41) is 13.6. The highest BCUT2D eigenvalue weighted by Gasteiger charge is 2.29. The van der Waals surface area contributed by atoms with E-state index in [0.29, 0.717) is 49.3 Å². The number of pyridine rings is 1. The van der Waals surface area contributed by atoms with E-state index >= 15 is 0 Å². The maximum Gasteiger partial charge on any atom is 0.133 e. The Hall–Kier alpha value is -1.04. The smallest absolute Gasteiger partial charge is 0.133 e. The van der Waals surface area contributed by atoms with Gasteiger partial charge in [-0.05, 0) is 6.07 Å². The van der Waals surface area contributed by atoms with E-state index in [4.69, 9.17) is 22.1 Å². The Labute approximate surface area is 105 Å². The fourth-order valence-corrected chi connectivity index (χ4v) is 2.01. The second kappa shape index (κ2) is 5.08. The first kappa shape index (κ1) is 12.4. The summed E-state index contributed by atoms with van der Waals surface area (Å²) in [6, 6.07) is 3.27. The van der Waals surface area contributed by atoms with Gasteiger partial charge in [0.2, 0.25) is 0 Å². The molecule has 4 N–H and O–H groups in total. The molecule has 1 saturated heterocycles. The average molecular weight is 258 g/mol. The third-order valence-corrected chi connectivity index (χ3v) is 3.03. The van der Waals surface area contributed by atoms with E-state index in [1.54, 1.807) is 12.1 Å². The third kappa shape index (κ3) is 3.46. The summed E-state index contributed by atoms with van der Waals surface area (Å²) in [6.45, 7) is 1.59. The van der Waals surface area contributed by atoms with Gasteiger partial charge in [0.25, 0.3) is 0 Å². The van der Waals surface area contributed by atoms with Crippen LogP contribution in [0, 0.1) is 0 Å². The molecular formula is C11H16ClN3O2. The molecule has 0 saturated carbocycles. The largest absolute Gasteiger partial charge is 0.399 e. The number of nitrogen functional groups attached to an aromatic ring is 1. The number of aromatic nitrogens is 1. The monoisotopic (exact) mass is 257 g/mol.